The fraction of sp³-hybridized carbons (Fsp3) is 0.167. The molecule has 0 bridgehead atoms. The molecule has 39 heavy (non-hydrogen) atoms. The number of carbonyl (C=O) groups excluding carboxylic acids is 2. The predicted molar refractivity (Wildman–Crippen MR) is 147 cm³/mol. The van der Waals surface area contributed by atoms with Crippen molar-refractivity contribution in [2.45, 2.75) is 25.8 Å². The summed E-state index contributed by atoms with van der Waals surface area (Å²) in [5.74, 6) is -1.24. The number of methoxy groups -OCH3 is 1. The van der Waals surface area contributed by atoms with Gasteiger partial charge in [-0.05, 0) is 60.0 Å². The molecule has 1 unspecified atom stereocenters. The van der Waals surface area contributed by atoms with Gasteiger partial charge in [0.2, 0.25) is 0 Å². The summed E-state index contributed by atoms with van der Waals surface area (Å²) in [6.07, 6.45) is 4.88. The Morgan fingerprint density at radius 1 is 1.03 bits per heavy atom. The Morgan fingerprint density at radius 3 is 2.38 bits per heavy atom. The van der Waals surface area contributed by atoms with Gasteiger partial charge in [-0.25, -0.2) is 4.79 Å². The molecule has 4 aromatic rings. The van der Waals surface area contributed by atoms with Gasteiger partial charge in [0.15, 0.2) is 11.6 Å². The minimum Gasteiger partial charge on any atom is -0.495 e. The molecule has 2 heterocycles. The summed E-state index contributed by atoms with van der Waals surface area (Å²) < 4.78 is 6.93. The average molecular weight is 545 g/mol. The van der Waals surface area contributed by atoms with E-state index in [1.807, 2.05) is 6.07 Å². The molecule has 198 valence electrons. The van der Waals surface area contributed by atoms with Crippen molar-refractivity contribution in [2.24, 2.45) is 0 Å². The van der Waals surface area contributed by atoms with Crippen molar-refractivity contribution >= 4 is 29.1 Å². The molecule has 0 aliphatic carbocycles. The van der Waals surface area contributed by atoms with E-state index in [9.17, 15) is 19.2 Å². The van der Waals surface area contributed by atoms with E-state index in [2.05, 4.69) is 4.98 Å². The molecule has 4 rings (SSSR count). The number of Topliss-reactive ketones (excluding diaryl/α,β-unsaturated/α-hetero) is 2. The number of aromatic carboxylic acids is 1. The molecular weight excluding hydrogens is 520 g/mol. The molecule has 0 aliphatic heterocycles. The zero-order valence-corrected chi connectivity index (χ0v) is 22.0. The van der Waals surface area contributed by atoms with E-state index >= 15 is 0 Å². The zero-order chi connectivity index (χ0) is 28.1. The number of benzene rings is 2. The van der Waals surface area contributed by atoms with Crippen molar-refractivity contribution in [3.8, 4) is 16.9 Å². The number of carboxylic acids is 1. The normalized spacial score (nSPS) is 11.6. The number of hydrogen-bond donors (Lipinski definition) is 1. The Hall–Kier alpha value is -4.56. The van der Waals surface area contributed by atoms with Gasteiger partial charge in [-0.1, -0.05) is 29.8 Å². The first-order valence-electron chi connectivity index (χ1n) is 12.0. The molecule has 1 N–H and O–H groups in total. The van der Waals surface area contributed by atoms with Gasteiger partial charge in [0.25, 0.3) is 5.56 Å². The summed E-state index contributed by atoms with van der Waals surface area (Å²) in [4.78, 5) is 54.7. The van der Waals surface area contributed by atoms with Crippen LogP contribution < -0.4 is 10.3 Å². The minimum atomic E-state index is -1.06. The number of pyridine rings is 2. The zero-order valence-electron chi connectivity index (χ0n) is 21.3. The molecule has 0 saturated carbocycles. The van der Waals surface area contributed by atoms with E-state index in [0.29, 0.717) is 27.3 Å². The van der Waals surface area contributed by atoms with Crippen LogP contribution in [-0.4, -0.2) is 39.3 Å². The van der Waals surface area contributed by atoms with Gasteiger partial charge in [-0.2, -0.15) is 0 Å². The van der Waals surface area contributed by atoms with E-state index in [1.54, 1.807) is 48.8 Å². The van der Waals surface area contributed by atoms with Crippen molar-refractivity contribution in [1.29, 1.82) is 0 Å². The van der Waals surface area contributed by atoms with E-state index in [1.165, 1.54) is 43.0 Å². The SMILES string of the molecule is COc1cn(C(Cc2cccnc2)C(=O)Cc2ccc(C(=O)O)cc2)c(=O)cc1-c1cc(Cl)ccc1C(C)=O. The first-order chi connectivity index (χ1) is 18.7. The van der Waals surface area contributed by atoms with Crippen LogP contribution in [-0.2, 0) is 17.6 Å². The lowest BCUT2D eigenvalue weighted by Crippen LogP contribution is -2.32. The highest BCUT2D eigenvalue weighted by Gasteiger charge is 2.25. The van der Waals surface area contributed by atoms with Crippen molar-refractivity contribution < 1.29 is 24.2 Å². The summed E-state index contributed by atoms with van der Waals surface area (Å²) in [6, 6.07) is 14.8. The second-order valence-electron chi connectivity index (χ2n) is 8.97. The highest BCUT2D eigenvalue weighted by atomic mass is 35.5. The van der Waals surface area contributed by atoms with Gasteiger partial charge >= 0.3 is 5.97 Å². The van der Waals surface area contributed by atoms with Crippen LogP contribution >= 0.6 is 11.6 Å². The maximum absolute atomic E-state index is 13.6. The number of ether oxygens (including phenoxy) is 1. The van der Waals surface area contributed by atoms with Crippen molar-refractivity contribution in [3.63, 3.8) is 0 Å². The number of rotatable bonds is 10. The van der Waals surface area contributed by atoms with Gasteiger partial charge in [0.05, 0.1) is 24.9 Å². The third-order valence-electron chi connectivity index (χ3n) is 6.35. The molecule has 0 spiro atoms. The second-order valence-corrected chi connectivity index (χ2v) is 9.41. The van der Waals surface area contributed by atoms with Gasteiger partial charge in [0, 0.05) is 47.5 Å². The van der Waals surface area contributed by atoms with Gasteiger partial charge in [-0.15, -0.1) is 0 Å². The van der Waals surface area contributed by atoms with Crippen LogP contribution in [0.2, 0.25) is 5.02 Å². The Morgan fingerprint density at radius 2 is 1.77 bits per heavy atom. The number of aromatic nitrogens is 2. The van der Waals surface area contributed by atoms with Crippen LogP contribution in [0.25, 0.3) is 11.1 Å². The molecule has 0 saturated heterocycles. The third-order valence-corrected chi connectivity index (χ3v) is 6.59. The summed E-state index contributed by atoms with van der Waals surface area (Å²) in [5, 5.41) is 9.55. The van der Waals surface area contributed by atoms with Crippen molar-refractivity contribution in [2.75, 3.05) is 7.11 Å². The maximum atomic E-state index is 13.6. The molecule has 0 fully saturated rings. The molecule has 1 atom stereocenters. The molecule has 0 radical (unpaired) electrons. The van der Waals surface area contributed by atoms with Crippen LogP contribution in [0.3, 0.4) is 0 Å². The summed E-state index contributed by atoms with van der Waals surface area (Å²) >= 11 is 6.21. The lowest BCUT2D eigenvalue weighted by Gasteiger charge is -2.21. The van der Waals surface area contributed by atoms with Crippen LogP contribution in [0.1, 0.15) is 44.8 Å². The van der Waals surface area contributed by atoms with Crippen molar-refractivity contribution in [3.05, 3.63) is 117 Å². The number of nitrogens with zero attached hydrogens (tertiary/aromatic N) is 2. The van der Waals surface area contributed by atoms with E-state index < -0.39 is 17.6 Å². The molecule has 2 aromatic heterocycles. The van der Waals surface area contributed by atoms with Crippen LogP contribution in [0.15, 0.2) is 84.0 Å². The molecule has 9 heteroatoms. The highest BCUT2D eigenvalue weighted by Crippen LogP contribution is 2.34. The topological polar surface area (TPSA) is 116 Å². The standard InChI is InChI=1S/C30H25ClN2O6/c1-18(34)23-10-9-22(31)14-24(23)25-15-29(36)33(17-28(25)39-2)26(12-20-4-3-11-32-16-20)27(35)13-19-5-7-21(8-6-19)30(37)38/h3-11,14-17,26H,12-13H2,1-2H3,(H,37,38). The minimum absolute atomic E-state index is 0.0237. The van der Waals surface area contributed by atoms with E-state index in [4.69, 9.17) is 21.4 Å². The molecular formula is C30H25ClN2O6. The Kier molecular flexibility index (Phi) is 8.36. The van der Waals surface area contributed by atoms with Crippen LogP contribution in [0, 0.1) is 0 Å². The van der Waals surface area contributed by atoms with Gasteiger partial charge < -0.3 is 14.4 Å². The lowest BCUT2D eigenvalue weighted by molar-refractivity contribution is -0.121. The maximum Gasteiger partial charge on any atom is 0.335 e. The second kappa shape index (κ2) is 11.9. The lowest BCUT2D eigenvalue weighted by atomic mass is 9.95. The number of ketones is 2. The van der Waals surface area contributed by atoms with Crippen LogP contribution in [0.5, 0.6) is 5.75 Å². The monoisotopic (exact) mass is 544 g/mol. The first kappa shape index (κ1) is 27.5. The smallest absolute Gasteiger partial charge is 0.335 e. The van der Waals surface area contributed by atoms with Crippen molar-refractivity contribution in [1.82, 2.24) is 9.55 Å². The molecule has 0 amide bonds. The van der Waals surface area contributed by atoms with Gasteiger partial charge in [-0.3, -0.25) is 19.4 Å². The first-order valence-corrected chi connectivity index (χ1v) is 12.4. The van der Waals surface area contributed by atoms with Gasteiger partial charge in [0.1, 0.15) is 5.75 Å². The summed E-state index contributed by atoms with van der Waals surface area (Å²) in [7, 11) is 1.44. The summed E-state index contributed by atoms with van der Waals surface area (Å²) in [6.45, 7) is 1.42. The quantitative estimate of drug-likeness (QED) is 0.277. The number of hydrogen-bond acceptors (Lipinski definition) is 6. The average Bonchev–Trinajstić information content (AvgIpc) is 2.92. The third kappa shape index (κ3) is 6.30. The van der Waals surface area contributed by atoms with E-state index in [-0.39, 0.29) is 35.7 Å². The number of carbonyl (C=O) groups is 3. The van der Waals surface area contributed by atoms with E-state index in [0.717, 1.165) is 5.56 Å². The molecule has 2 aromatic carbocycles. The molecule has 8 nitrogen and oxygen atoms in total. The highest BCUT2D eigenvalue weighted by molar-refractivity contribution is 6.31. The largest absolute Gasteiger partial charge is 0.495 e. The predicted octanol–water partition coefficient (Wildman–Crippen LogP) is 5.07. The Labute approximate surface area is 229 Å². The summed E-state index contributed by atoms with van der Waals surface area (Å²) in [5.41, 5.74) is 2.21. The molecule has 0 aliphatic rings. The number of carboxylic acid groups (broad SMARTS) is 1. The fourth-order valence-corrected chi connectivity index (χ4v) is 4.56. The fourth-order valence-electron chi connectivity index (χ4n) is 4.39. The Balaban J connectivity index is 1.79. The number of halogens is 1. The van der Waals surface area contributed by atoms with Crippen LogP contribution in [0.4, 0.5) is 0 Å². The Bertz CT molecular complexity index is 1600.